The summed E-state index contributed by atoms with van der Waals surface area (Å²) >= 11 is 5.86. The number of benzene rings is 2. The Labute approximate surface area is 196 Å². The Bertz CT molecular complexity index is 1200. The first-order valence-electron chi connectivity index (χ1n) is 10.7. The lowest BCUT2D eigenvalue weighted by Crippen LogP contribution is -2.50. The van der Waals surface area contributed by atoms with Gasteiger partial charge in [-0.3, -0.25) is 4.79 Å². The molecule has 0 fully saturated rings. The Balaban J connectivity index is 1.76. The Morgan fingerprint density at radius 3 is 2.58 bits per heavy atom. The Morgan fingerprint density at radius 1 is 1.18 bits per heavy atom. The van der Waals surface area contributed by atoms with Crippen LogP contribution in [0.4, 0.5) is 0 Å². The first-order chi connectivity index (χ1) is 15.8. The predicted molar refractivity (Wildman–Crippen MR) is 123 cm³/mol. The van der Waals surface area contributed by atoms with Crippen molar-refractivity contribution in [2.45, 2.75) is 45.6 Å². The number of unbranched alkanes of at least 4 members (excludes halogenated alkanes) is 1. The van der Waals surface area contributed by atoms with E-state index in [2.05, 4.69) is 12.2 Å². The second-order valence-corrected chi connectivity index (χ2v) is 8.33. The molecule has 33 heavy (non-hydrogen) atoms. The van der Waals surface area contributed by atoms with Gasteiger partial charge in [0.1, 0.15) is 11.3 Å². The fraction of sp³-hybridized carbons (Fsp3) is 0.320. The topological polar surface area (TPSA) is 109 Å². The molecule has 0 saturated heterocycles. The van der Waals surface area contributed by atoms with Crippen LogP contribution in [0, 0.1) is 6.92 Å². The third-order valence-electron chi connectivity index (χ3n) is 5.17. The molecule has 1 heterocycles. The Morgan fingerprint density at radius 2 is 1.91 bits per heavy atom. The van der Waals surface area contributed by atoms with E-state index in [1.54, 1.807) is 36.4 Å². The zero-order chi connectivity index (χ0) is 24.0. The highest BCUT2D eigenvalue weighted by atomic mass is 35.5. The number of fused-ring (bicyclic) bond motifs is 1. The number of ether oxygens (including phenoxy) is 1. The Kier molecular flexibility index (Phi) is 8.11. The zero-order valence-corrected chi connectivity index (χ0v) is 19.2. The maximum Gasteiger partial charge on any atom is 0.336 e. The molecule has 3 aromatic rings. The number of hydrogen-bond acceptors (Lipinski definition) is 6. The van der Waals surface area contributed by atoms with Gasteiger partial charge in [0, 0.05) is 11.1 Å². The van der Waals surface area contributed by atoms with Gasteiger partial charge >= 0.3 is 5.63 Å². The van der Waals surface area contributed by atoms with E-state index in [0.29, 0.717) is 33.7 Å². The third kappa shape index (κ3) is 6.58. The van der Waals surface area contributed by atoms with Gasteiger partial charge in [0.15, 0.2) is 6.61 Å². The van der Waals surface area contributed by atoms with E-state index in [4.69, 9.17) is 20.8 Å². The smallest absolute Gasteiger partial charge is 0.336 e. The molecule has 0 spiro atoms. The van der Waals surface area contributed by atoms with Crippen LogP contribution in [0.5, 0.6) is 5.75 Å². The van der Waals surface area contributed by atoms with Crippen LogP contribution in [-0.2, 0) is 22.4 Å². The van der Waals surface area contributed by atoms with E-state index >= 15 is 0 Å². The summed E-state index contributed by atoms with van der Waals surface area (Å²) in [5.74, 6) is -1.61. The van der Waals surface area contributed by atoms with Crippen LogP contribution in [0.1, 0.15) is 36.5 Å². The zero-order valence-electron chi connectivity index (χ0n) is 18.5. The summed E-state index contributed by atoms with van der Waals surface area (Å²) in [6.45, 7) is 3.47. The van der Waals surface area contributed by atoms with E-state index < -0.39 is 30.2 Å². The van der Waals surface area contributed by atoms with Crippen molar-refractivity contribution >= 4 is 34.4 Å². The molecule has 2 aromatic carbocycles. The van der Waals surface area contributed by atoms with Gasteiger partial charge in [-0.1, -0.05) is 37.1 Å². The lowest BCUT2D eigenvalue weighted by atomic mass is 10.0. The molecule has 0 aliphatic heterocycles. The van der Waals surface area contributed by atoms with Crippen molar-refractivity contribution in [1.82, 2.24) is 5.32 Å². The number of hydrogen-bond donors (Lipinski definition) is 1. The van der Waals surface area contributed by atoms with Gasteiger partial charge in [0.2, 0.25) is 0 Å². The summed E-state index contributed by atoms with van der Waals surface area (Å²) in [4.78, 5) is 36.0. The van der Waals surface area contributed by atoms with Crippen LogP contribution < -0.4 is 20.8 Å². The number of halogens is 1. The lowest BCUT2D eigenvalue weighted by Gasteiger charge is -2.20. The molecule has 1 amide bonds. The van der Waals surface area contributed by atoms with Gasteiger partial charge in [-0.25, -0.2) is 4.79 Å². The molecule has 1 aromatic heterocycles. The minimum Gasteiger partial charge on any atom is -0.548 e. The predicted octanol–water partition coefficient (Wildman–Crippen LogP) is 2.95. The molecule has 1 atom stereocenters. The Hall–Kier alpha value is -3.32. The van der Waals surface area contributed by atoms with Crippen molar-refractivity contribution < 1.29 is 23.8 Å². The van der Waals surface area contributed by atoms with Crippen LogP contribution in [0.3, 0.4) is 0 Å². The number of nitrogens with one attached hydrogen (secondary N) is 1. The number of rotatable bonds is 10. The number of carbonyl (C=O) groups is 2. The molecular weight excluding hydrogens is 446 g/mol. The lowest BCUT2D eigenvalue weighted by molar-refractivity contribution is -0.308. The number of carboxylic acid groups (broad SMARTS) is 1. The fourth-order valence-electron chi connectivity index (χ4n) is 3.58. The fourth-order valence-corrected chi connectivity index (χ4v) is 3.70. The highest BCUT2D eigenvalue weighted by Gasteiger charge is 2.17. The number of amides is 1. The third-order valence-corrected chi connectivity index (χ3v) is 5.42. The highest BCUT2D eigenvalue weighted by Crippen LogP contribution is 2.30. The first kappa shape index (κ1) is 24.3. The van der Waals surface area contributed by atoms with Gasteiger partial charge in [-0.05, 0) is 67.1 Å². The van der Waals surface area contributed by atoms with Crippen LogP contribution in [0.2, 0.25) is 5.02 Å². The maximum absolute atomic E-state index is 12.5. The van der Waals surface area contributed by atoms with Crippen molar-refractivity contribution in [3.8, 4) is 5.75 Å². The maximum atomic E-state index is 12.5. The van der Waals surface area contributed by atoms with Crippen LogP contribution >= 0.6 is 11.6 Å². The van der Waals surface area contributed by atoms with E-state index in [-0.39, 0.29) is 6.42 Å². The summed E-state index contributed by atoms with van der Waals surface area (Å²) in [5, 5.41) is 15.1. The minimum atomic E-state index is -1.40. The van der Waals surface area contributed by atoms with E-state index in [9.17, 15) is 19.5 Å². The second-order valence-electron chi connectivity index (χ2n) is 7.89. The molecule has 0 unspecified atom stereocenters. The van der Waals surface area contributed by atoms with Crippen LogP contribution in [-0.4, -0.2) is 24.5 Å². The molecule has 8 heteroatoms. The molecule has 0 aliphatic rings. The van der Waals surface area contributed by atoms with Gasteiger partial charge in [0.25, 0.3) is 5.91 Å². The largest absolute Gasteiger partial charge is 0.548 e. The number of carboxylic acids is 1. The van der Waals surface area contributed by atoms with Crippen molar-refractivity contribution in [1.29, 1.82) is 0 Å². The van der Waals surface area contributed by atoms with Crippen molar-refractivity contribution in [2.24, 2.45) is 0 Å². The van der Waals surface area contributed by atoms with Crippen LogP contribution in [0.15, 0.2) is 51.7 Å². The average Bonchev–Trinajstić information content (AvgIpc) is 2.76. The normalized spacial score (nSPS) is 11.8. The van der Waals surface area contributed by atoms with Gasteiger partial charge in [0.05, 0.1) is 17.4 Å². The molecule has 174 valence electrons. The van der Waals surface area contributed by atoms with Gasteiger partial charge in [-0.15, -0.1) is 0 Å². The summed E-state index contributed by atoms with van der Waals surface area (Å²) in [7, 11) is 0. The molecular formula is C25H25ClNO6-. The minimum absolute atomic E-state index is 0.0466. The SMILES string of the molecule is CCCCc1cc(=O)oc2cc(C)cc(OCC(=O)N[C@@H](Cc3ccc(Cl)cc3)C(=O)[O-])c12. The quantitative estimate of drug-likeness (QED) is 0.456. The average molecular weight is 471 g/mol. The molecule has 0 bridgehead atoms. The van der Waals surface area contributed by atoms with Gasteiger partial charge in [-0.2, -0.15) is 0 Å². The molecule has 0 saturated carbocycles. The van der Waals surface area contributed by atoms with E-state index in [1.807, 2.05) is 6.92 Å². The van der Waals surface area contributed by atoms with E-state index in [1.165, 1.54) is 6.07 Å². The second kappa shape index (κ2) is 11.0. The molecule has 0 aliphatic carbocycles. The number of carbonyl (C=O) groups excluding carboxylic acids is 2. The molecule has 0 radical (unpaired) electrons. The van der Waals surface area contributed by atoms with Crippen LogP contribution in [0.25, 0.3) is 11.0 Å². The highest BCUT2D eigenvalue weighted by molar-refractivity contribution is 6.30. The summed E-state index contributed by atoms with van der Waals surface area (Å²) in [5.41, 5.74) is 2.22. The number of aryl methyl sites for hydroxylation is 2. The molecule has 7 nitrogen and oxygen atoms in total. The molecule has 3 rings (SSSR count). The van der Waals surface area contributed by atoms with Crippen molar-refractivity contribution in [3.63, 3.8) is 0 Å². The van der Waals surface area contributed by atoms with E-state index in [0.717, 1.165) is 24.0 Å². The summed E-state index contributed by atoms with van der Waals surface area (Å²) in [6.07, 6.45) is 2.54. The number of aliphatic carboxylic acids is 1. The standard InChI is InChI=1S/C25H26ClNO6/c1-3-4-5-17-13-23(29)33-21-11-15(2)10-20(24(17)21)32-14-22(28)27-19(25(30)31)12-16-6-8-18(26)9-7-16/h6-11,13,19H,3-5,12,14H2,1-2H3,(H,27,28)(H,30,31)/p-1/t19-/m0/s1. The van der Waals surface area contributed by atoms with Crippen molar-refractivity contribution in [2.75, 3.05) is 6.61 Å². The monoisotopic (exact) mass is 470 g/mol. The molecule has 1 N–H and O–H groups in total. The summed E-state index contributed by atoms with van der Waals surface area (Å²) in [6, 6.07) is 10.4. The first-order valence-corrected chi connectivity index (χ1v) is 11.1. The van der Waals surface area contributed by atoms with Crippen molar-refractivity contribution in [3.05, 3.63) is 74.6 Å². The summed E-state index contributed by atoms with van der Waals surface area (Å²) < 4.78 is 11.1. The van der Waals surface area contributed by atoms with Gasteiger partial charge < -0.3 is 24.4 Å².